The number of rotatable bonds is 9. The maximum atomic E-state index is 13.2. The molecule has 0 aromatic heterocycles. The second-order valence-electron chi connectivity index (χ2n) is 5.61. The minimum atomic E-state index is -0.278. The van der Waals surface area contributed by atoms with Gasteiger partial charge < -0.3 is 11.1 Å². The number of benzene rings is 1. The summed E-state index contributed by atoms with van der Waals surface area (Å²) in [6.45, 7) is 4.69. The van der Waals surface area contributed by atoms with Crippen molar-refractivity contribution in [2.45, 2.75) is 52.0 Å². The predicted molar refractivity (Wildman–Crippen MR) is 84.3 cm³/mol. The van der Waals surface area contributed by atoms with Crippen LogP contribution in [0.1, 0.15) is 57.6 Å². The van der Waals surface area contributed by atoms with Crippen molar-refractivity contribution in [1.82, 2.24) is 5.32 Å². The van der Waals surface area contributed by atoms with Crippen LogP contribution in [-0.2, 0) is 4.79 Å². The summed E-state index contributed by atoms with van der Waals surface area (Å²) in [7, 11) is 0. The summed E-state index contributed by atoms with van der Waals surface area (Å²) in [5.74, 6) is 0.264. The van der Waals surface area contributed by atoms with E-state index in [0.717, 1.165) is 31.2 Å². The van der Waals surface area contributed by atoms with Gasteiger partial charge in [-0.15, -0.1) is 0 Å². The molecular formula is C17H27FN2O. The lowest BCUT2D eigenvalue weighted by molar-refractivity contribution is -0.122. The van der Waals surface area contributed by atoms with E-state index < -0.39 is 0 Å². The van der Waals surface area contributed by atoms with Crippen molar-refractivity contribution in [1.29, 1.82) is 0 Å². The van der Waals surface area contributed by atoms with Gasteiger partial charge in [0.1, 0.15) is 5.82 Å². The Balaban J connectivity index is 2.42. The highest BCUT2D eigenvalue weighted by atomic mass is 19.1. The first-order chi connectivity index (χ1) is 10.1. The monoisotopic (exact) mass is 294 g/mol. The Labute approximate surface area is 127 Å². The number of hydrogen-bond donors (Lipinski definition) is 2. The van der Waals surface area contributed by atoms with Crippen molar-refractivity contribution in [3.63, 3.8) is 0 Å². The Bertz CT molecular complexity index is 431. The lowest BCUT2D eigenvalue weighted by Gasteiger charge is -2.17. The standard InChI is InChI=1S/C17H27FN2O/c1-3-5-14(10-11-19)8-9-17(21)20-13(2)15-6-4-7-16(18)12-15/h4,6-7,12-14H,3,5,8-11,19H2,1-2H3,(H,20,21)/t13-,14?/m0/s1. The Morgan fingerprint density at radius 2 is 2.10 bits per heavy atom. The van der Waals surface area contributed by atoms with Gasteiger partial charge in [-0.2, -0.15) is 0 Å². The maximum Gasteiger partial charge on any atom is 0.220 e. The van der Waals surface area contributed by atoms with E-state index in [-0.39, 0.29) is 17.8 Å². The molecule has 0 aliphatic heterocycles. The van der Waals surface area contributed by atoms with Gasteiger partial charge in [0.2, 0.25) is 5.91 Å². The SMILES string of the molecule is CCCC(CCN)CCC(=O)N[C@@H](C)c1cccc(F)c1. The third-order valence-corrected chi connectivity index (χ3v) is 3.78. The molecule has 0 saturated heterocycles. The Hall–Kier alpha value is -1.42. The second kappa shape index (κ2) is 9.50. The average Bonchev–Trinajstić information content (AvgIpc) is 2.45. The quantitative estimate of drug-likeness (QED) is 0.732. The van der Waals surface area contributed by atoms with Crippen LogP contribution in [0, 0.1) is 11.7 Å². The van der Waals surface area contributed by atoms with Crippen molar-refractivity contribution in [3.05, 3.63) is 35.6 Å². The zero-order valence-electron chi connectivity index (χ0n) is 13.1. The van der Waals surface area contributed by atoms with Crippen LogP contribution in [0.5, 0.6) is 0 Å². The minimum absolute atomic E-state index is 0.0184. The van der Waals surface area contributed by atoms with E-state index in [4.69, 9.17) is 5.73 Å². The molecule has 4 heteroatoms. The minimum Gasteiger partial charge on any atom is -0.350 e. The molecule has 3 nitrogen and oxygen atoms in total. The fourth-order valence-electron chi connectivity index (χ4n) is 2.59. The number of carbonyl (C=O) groups is 1. The topological polar surface area (TPSA) is 55.1 Å². The molecule has 0 heterocycles. The zero-order valence-corrected chi connectivity index (χ0v) is 13.1. The van der Waals surface area contributed by atoms with Gasteiger partial charge in [-0.1, -0.05) is 31.9 Å². The molecule has 0 aliphatic rings. The number of amides is 1. The summed E-state index contributed by atoms with van der Waals surface area (Å²) in [6, 6.07) is 6.17. The number of carbonyl (C=O) groups excluding carboxylic acids is 1. The Kier molecular flexibility index (Phi) is 7.98. The fourth-order valence-corrected chi connectivity index (χ4v) is 2.59. The van der Waals surface area contributed by atoms with E-state index in [0.29, 0.717) is 18.9 Å². The van der Waals surface area contributed by atoms with Gasteiger partial charge in [-0.3, -0.25) is 4.79 Å². The summed E-state index contributed by atoms with van der Waals surface area (Å²) < 4.78 is 13.2. The van der Waals surface area contributed by atoms with Crippen LogP contribution >= 0.6 is 0 Å². The molecule has 1 amide bonds. The smallest absolute Gasteiger partial charge is 0.220 e. The zero-order chi connectivity index (χ0) is 15.7. The lowest BCUT2D eigenvalue weighted by atomic mass is 9.94. The van der Waals surface area contributed by atoms with Crippen LogP contribution in [-0.4, -0.2) is 12.5 Å². The number of nitrogens with one attached hydrogen (secondary N) is 1. The third-order valence-electron chi connectivity index (χ3n) is 3.78. The van der Waals surface area contributed by atoms with Crippen molar-refractivity contribution in [2.75, 3.05) is 6.54 Å². The van der Waals surface area contributed by atoms with Gasteiger partial charge in [0.25, 0.3) is 0 Å². The van der Waals surface area contributed by atoms with Crippen LogP contribution < -0.4 is 11.1 Å². The average molecular weight is 294 g/mol. The molecule has 0 saturated carbocycles. The van der Waals surface area contributed by atoms with Crippen molar-refractivity contribution in [2.24, 2.45) is 11.7 Å². The molecule has 2 atom stereocenters. The molecule has 3 N–H and O–H groups in total. The predicted octanol–water partition coefficient (Wildman–Crippen LogP) is 3.55. The van der Waals surface area contributed by atoms with Crippen LogP contribution in [0.2, 0.25) is 0 Å². The molecule has 0 spiro atoms. The summed E-state index contributed by atoms with van der Waals surface area (Å²) in [5.41, 5.74) is 6.39. The van der Waals surface area contributed by atoms with Crippen molar-refractivity contribution >= 4 is 5.91 Å². The van der Waals surface area contributed by atoms with Crippen LogP contribution in [0.25, 0.3) is 0 Å². The molecule has 118 valence electrons. The molecular weight excluding hydrogens is 267 g/mol. The van der Waals surface area contributed by atoms with Gasteiger partial charge in [-0.25, -0.2) is 4.39 Å². The highest BCUT2D eigenvalue weighted by Gasteiger charge is 2.13. The molecule has 1 unspecified atom stereocenters. The van der Waals surface area contributed by atoms with E-state index in [1.54, 1.807) is 6.07 Å². The molecule has 1 rings (SSSR count). The van der Waals surface area contributed by atoms with Gasteiger partial charge in [0, 0.05) is 6.42 Å². The van der Waals surface area contributed by atoms with Gasteiger partial charge in [0.15, 0.2) is 0 Å². The fraction of sp³-hybridized carbons (Fsp3) is 0.588. The largest absolute Gasteiger partial charge is 0.350 e. The van der Waals surface area contributed by atoms with E-state index in [2.05, 4.69) is 12.2 Å². The molecule has 0 radical (unpaired) electrons. The Morgan fingerprint density at radius 3 is 2.71 bits per heavy atom. The molecule has 0 bridgehead atoms. The van der Waals surface area contributed by atoms with Crippen LogP contribution in [0.15, 0.2) is 24.3 Å². The van der Waals surface area contributed by atoms with Gasteiger partial charge in [0.05, 0.1) is 6.04 Å². The number of halogens is 1. The van der Waals surface area contributed by atoms with E-state index in [1.807, 2.05) is 13.0 Å². The molecule has 0 fully saturated rings. The first-order valence-electron chi connectivity index (χ1n) is 7.81. The second-order valence-corrected chi connectivity index (χ2v) is 5.61. The Morgan fingerprint density at radius 1 is 1.33 bits per heavy atom. The number of nitrogens with two attached hydrogens (primary N) is 1. The van der Waals surface area contributed by atoms with Gasteiger partial charge >= 0.3 is 0 Å². The third kappa shape index (κ3) is 6.71. The van der Waals surface area contributed by atoms with Crippen molar-refractivity contribution < 1.29 is 9.18 Å². The summed E-state index contributed by atoms with van der Waals surface area (Å²) in [4.78, 5) is 12.0. The summed E-state index contributed by atoms with van der Waals surface area (Å²) in [5, 5.41) is 2.93. The summed E-state index contributed by atoms with van der Waals surface area (Å²) in [6.07, 6.45) is 4.58. The first kappa shape index (κ1) is 17.6. The first-order valence-corrected chi connectivity index (χ1v) is 7.81. The van der Waals surface area contributed by atoms with Crippen LogP contribution in [0.3, 0.4) is 0 Å². The van der Waals surface area contributed by atoms with E-state index >= 15 is 0 Å². The highest BCUT2D eigenvalue weighted by Crippen LogP contribution is 2.18. The molecule has 0 aliphatic carbocycles. The van der Waals surface area contributed by atoms with E-state index in [1.165, 1.54) is 12.1 Å². The van der Waals surface area contributed by atoms with E-state index in [9.17, 15) is 9.18 Å². The molecule has 21 heavy (non-hydrogen) atoms. The molecule has 1 aromatic rings. The maximum absolute atomic E-state index is 13.2. The molecule has 1 aromatic carbocycles. The highest BCUT2D eigenvalue weighted by molar-refractivity contribution is 5.76. The number of hydrogen-bond acceptors (Lipinski definition) is 2. The normalized spacial score (nSPS) is 13.7. The lowest BCUT2D eigenvalue weighted by Crippen LogP contribution is -2.27. The summed E-state index contributed by atoms with van der Waals surface area (Å²) >= 11 is 0. The van der Waals surface area contributed by atoms with Crippen molar-refractivity contribution in [3.8, 4) is 0 Å². The van der Waals surface area contributed by atoms with Crippen LogP contribution in [0.4, 0.5) is 4.39 Å². The van der Waals surface area contributed by atoms with Gasteiger partial charge in [-0.05, 0) is 49.9 Å².